The van der Waals surface area contributed by atoms with E-state index in [1.807, 2.05) is 11.4 Å². The van der Waals surface area contributed by atoms with E-state index < -0.39 is 0 Å². The first kappa shape index (κ1) is 7.35. The molecular weight excluding hydrogens is 196 g/mol. The third kappa shape index (κ3) is 1.48. The average Bonchev–Trinajstić information content (AvgIpc) is 2.55. The Bertz CT molecular complexity index is 335. The van der Waals surface area contributed by atoms with Crippen molar-refractivity contribution in [1.29, 1.82) is 0 Å². The number of hydrogen-bond donors (Lipinski definition) is 0. The number of rotatable bonds is 1. The zero-order valence-corrected chi connectivity index (χ0v) is 7.97. The summed E-state index contributed by atoms with van der Waals surface area (Å²) < 4.78 is 0. The van der Waals surface area contributed by atoms with E-state index in [4.69, 9.17) is 11.6 Å². The van der Waals surface area contributed by atoms with Crippen molar-refractivity contribution in [3.8, 4) is 10.4 Å². The average molecular weight is 201 g/mol. The maximum absolute atomic E-state index is 5.79. The molecule has 2 aromatic rings. The minimum atomic E-state index is 0.830. The summed E-state index contributed by atoms with van der Waals surface area (Å²) >= 11 is 9.18. The Morgan fingerprint density at radius 3 is 2.73 bits per heavy atom. The zero-order chi connectivity index (χ0) is 7.68. The summed E-state index contributed by atoms with van der Waals surface area (Å²) in [6, 6.07) is 4.10. The summed E-state index contributed by atoms with van der Waals surface area (Å²) in [6.45, 7) is 0. The van der Waals surface area contributed by atoms with Gasteiger partial charge in [-0.1, -0.05) is 11.6 Å². The molecule has 0 nitrogen and oxygen atoms in total. The second-order valence-corrected chi connectivity index (χ2v) is 4.27. The molecule has 0 saturated heterocycles. The fourth-order valence-electron chi connectivity index (χ4n) is 0.869. The van der Waals surface area contributed by atoms with E-state index in [1.54, 1.807) is 22.7 Å². The predicted molar refractivity (Wildman–Crippen MR) is 52.6 cm³/mol. The first-order valence-electron chi connectivity index (χ1n) is 3.13. The highest BCUT2D eigenvalue weighted by molar-refractivity contribution is 7.14. The van der Waals surface area contributed by atoms with Gasteiger partial charge in [0.05, 0.1) is 5.02 Å². The van der Waals surface area contributed by atoms with Crippen molar-refractivity contribution >= 4 is 34.3 Å². The van der Waals surface area contributed by atoms with Crippen LogP contribution < -0.4 is 0 Å². The number of thiophene rings is 2. The minimum absolute atomic E-state index is 0.830. The molecule has 0 amide bonds. The van der Waals surface area contributed by atoms with Crippen LogP contribution in [0.25, 0.3) is 10.4 Å². The Morgan fingerprint density at radius 1 is 1.27 bits per heavy atom. The van der Waals surface area contributed by atoms with Crippen LogP contribution >= 0.6 is 34.3 Å². The Hall–Kier alpha value is -0.310. The molecule has 56 valence electrons. The summed E-state index contributed by atoms with van der Waals surface area (Å²) in [5.74, 6) is 0. The van der Waals surface area contributed by atoms with E-state index in [0.29, 0.717) is 0 Å². The zero-order valence-electron chi connectivity index (χ0n) is 5.58. The molecule has 0 spiro atoms. The molecular formula is C8H5ClS2. The van der Waals surface area contributed by atoms with Gasteiger partial charge in [-0.05, 0) is 22.9 Å². The van der Waals surface area contributed by atoms with Crippen molar-refractivity contribution < 1.29 is 0 Å². The van der Waals surface area contributed by atoms with Gasteiger partial charge in [0, 0.05) is 15.8 Å². The van der Waals surface area contributed by atoms with Gasteiger partial charge in [0.1, 0.15) is 0 Å². The largest absolute Gasteiger partial charge is 0.152 e. The second-order valence-electron chi connectivity index (χ2n) is 2.14. The molecule has 0 unspecified atom stereocenters. The third-order valence-electron chi connectivity index (χ3n) is 1.37. The molecule has 2 aromatic heterocycles. The molecule has 2 rings (SSSR count). The van der Waals surface area contributed by atoms with Gasteiger partial charge in [-0.3, -0.25) is 0 Å². The lowest BCUT2D eigenvalue weighted by Gasteiger charge is -1.85. The highest BCUT2D eigenvalue weighted by atomic mass is 35.5. The standard InChI is InChI=1S/C8H5ClS2/c9-7-3-8(11-5-7)6-1-2-10-4-6/h1-5H. The van der Waals surface area contributed by atoms with Crippen LogP contribution in [0.3, 0.4) is 0 Å². The Balaban J connectivity index is 2.45. The lowest BCUT2D eigenvalue weighted by Crippen LogP contribution is -1.59. The Kier molecular flexibility index (Phi) is 1.98. The molecule has 0 radical (unpaired) electrons. The maximum atomic E-state index is 5.79. The molecule has 2 heterocycles. The van der Waals surface area contributed by atoms with Gasteiger partial charge >= 0.3 is 0 Å². The summed E-state index contributed by atoms with van der Waals surface area (Å²) in [7, 11) is 0. The highest BCUT2D eigenvalue weighted by Crippen LogP contribution is 2.30. The van der Waals surface area contributed by atoms with Crippen LogP contribution in [-0.4, -0.2) is 0 Å². The number of hydrogen-bond acceptors (Lipinski definition) is 2. The summed E-state index contributed by atoms with van der Waals surface area (Å²) in [5.41, 5.74) is 1.27. The van der Waals surface area contributed by atoms with Crippen LogP contribution in [0.2, 0.25) is 5.02 Å². The monoisotopic (exact) mass is 200 g/mol. The van der Waals surface area contributed by atoms with Gasteiger partial charge < -0.3 is 0 Å². The molecule has 0 N–H and O–H groups in total. The van der Waals surface area contributed by atoms with E-state index in [2.05, 4.69) is 16.8 Å². The van der Waals surface area contributed by atoms with Crippen LogP contribution in [0.5, 0.6) is 0 Å². The lowest BCUT2D eigenvalue weighted by atomic mass is 10.3. The third-order valence-corrected chi connectivity index (χ3v) is 3.38. The van der Waals surface area contributed by atoms with Gasteiger partial charge in [-0.25, -0.2) is 0 Å². The van der Waals surface area contributed by atoms with Crippen LogP contribution in [0.1, 0.15) is 0 Å². The van der Waals surface area contributed by atoms with E-state index in [9.17, 15) is 0 Å². The van der Waals surface area contributed by atoms with Gasteiger partial charge in [-0.15, -0.1) is 11.3 Å². The first-order valence-corrected chi connectivity index (χ1v) is 5.33. The van der Waals surface area contributed by atoms with Gasteiger partial charge in [0.2, 0.25) is 0 Å². The fourth-order valence-corrected chi connectivity index (χ4v) is 2.67. The molecule has 0 bridgehead atoms. The molecule has 0 aromatic carbocycles. The molecule has 0 aliphatic carbocycles. The molecule has 0 atom stereocenters. The topological polar surface area (TPSA) is 0 Å². The highest BCUT2D eigenvalue weighted by Gasteiger charge is 1.99. The lowest BCUT2D eigenvalue weighted by molar-refractivity contribution is 1.89. The van der Waals surface area contributed by atoms with Gasteiger partial charge in [-0.2, -0.15) is 11.3 Å². The maximum Gasteiger partial charge on any atom is 0.0519 e. The molecule has 3 heteroatoms. The van der Waals surface area contributed by atoms with Crippen molar-refractivity contribution in [3.63, 3.8) is 0 Å². The second kappa shape index (κ2) is 2.97. The fraction of sp³-hybridized carbons (Fsp3) is 0. The summed E-state index contributed by atoms with van der Waals surface area (Å²) in [4.78, 5) is 1.25. The minimum Gasteiger partial charge on any atom is -0.152 e. The Morgan fingerprint density at radius 2 is 2.18 bits per heavy atom. The molecule has 0 aliphatic heterocycles. The van der Waals surface area contributed by atoms with Crippen molar-refractivity contribution in [2.75, 3.05) is 0 Å². The van der Waals surface area contributed by atoms with Gasteiger partial charge in [0.25, 0.3) is 0 Å². The number of halogens is 1. The van der Waals surface area contributed by atoms with Crippen molar-refractivity contribution in [2.45, 2.75) is 0 Å². The van der Waals surface area contributed by atoms with Crippen LogP contribution in [-0.2, 0) is 0 Å². The van der Waals surface area contributed by atoms with Crippen LogP contribution in [0, 0.1) is 0 Å². The van der Waals surface area contributed by atoms with E-state index in [0.717, 1.165) is 5.02 Å². The van der Waals surface area contributed by atoms with E-state index in [1.165, 1.54) is 10.4 Å². The van der Waals surface area contributed by atoms with E-state index >= 15 is 0 Å². The molecule has 0 saturated carbocycles. The van der Waals surface area contributed by atoms with Crippen molar-refractivity contribution in [2.24, 2.45) is 0 Å². The van der Waals surface area contributed by atoms with Gasteiger partial charge in [0.15, 0.2) is 0 Å². The predicted octanol–water partition coefficient (Wildman–Crippen LogP) is 4.13. The Labute approximate surface area is 78.1 Å². The van der Waals surface area contributed by atoms with Crippen LogP contribution in [0.4, 0.5) is 0 Å². The smallest absolute Gasteiger partial charge is 0.0519 e. The SMILES string of the molecule is Clc1csc(-c2ccsc2)c1. The first-order chi connectivity index (χ1) is 5.36. The quantitative estimate of drug-likeness (QED) is 0.650. The molecule has 11 heavy (non-hydrogen) atoms. The van der Waals surface area contributed by atoms with E-state index in [-0.39, 0.29) is 0 Å². The normalized spacial score (nSPS) is 10.3. The van der Waals surface area contributed by atoms with Crippen LogP contribution in [0.15, 0.2) is 28.3 Å². The summed E-state index contributed by atoms with van der Waals surface area (Å²) in [6.07, 6.45) is 0. The van der Waals surface area contributed by atoms with Crippen molar-refractivity contribution in [3.05, 3.63) is 33.3 Å². The summed E-state index contributed by atoms with van der Waals surface area (Å²) in [5, 5.41) is 6.98. The van der Waals surface area contributed by atoms with Crippen molar-refractivity contribution in [1.82, 2.24) is 0 Å². The molecule has 0 aliphatic rings. The molecule has 0 fully saturated rings.